The van der Waals surface area contributed by atoms with Crippen LogP contribution in [-0.4, -0.2) is 54.9 Å². The molecule has 0 unspecified atom stereocenters. The molecule has 2 aromatic rings. The molecule has 10 heteroatoms. The number of nitrogen functional groups attached to an aromatic ring is 1. The minimum Gasteiger partial charge on any atom is -0.492 e. The van der Waals surface area contributed by atoms with Crippen LogP contribution in [0.1, 0.15) is 25.8 Å². The van der Waals surface area contributed by atoms with Crippen LogP contribution in [0.25, 0.3) is 10.9 Å². The van der Waals surface area contributed by atoms with E-state index < -0.39 is 23.5 Å². The van der Waals surface area contributed by atoms with Crippen molar-refractivity contribution in [2.75, 3.05) is 44.2 Å². The summed E-state index contributed by atoms with van der Waals surface area (Å²) in [6.45, 7) is 3.22. The summed E-state index contributed by atoms with van der Waals surface area (Å²) < 4.78 is 28.0. The molecule has 2 fully saturated rings. The van der Waals surface area contributed by atoms with Crippen molar-refractivity contribution in [2.45, 2.75) is 38.0 Å². The molecule has 0 bridgehead atoms. The van der Waals surface area contributed by atoms with E-state index in [2.05, 4.69) is 0 Å². The molecule has 1 saturated carbocycles. The van der Waals surface area contributed by atoms with Crippen molar-refractivity contribution in [3.8, 4) is 5.75 Å². The molecule has 1 aliphatic carbocycles. The predicted molar refractivity (Wildman–Crippen MR) is 113 cm³/mol. The number of fused-ring (bicyclic) bond motifs is 1. The van der Waals surface area contributed by atoms with Crippen molar-refractivity contribution in [3.63, 3.8) is 0 Å². The van der Waals surface area contributed by atoms with Gasteiger partial charge in [0.1, 0.15) is 11.7 Å². The Morgan fingerprint density at radius 1 is 1.27 bits per heavy atom. The minimum atomic E-state index is -1.12. The van der Waals surface area contributed by atoms with Crippen LogP contribution in [0.2, 0.25) is 0 Å². The second kappa shape index (κ2) is 7.92. The van der Waals surface area contributed by atoms with Crippen LogP contribution in [0, 0.1) is 5.92 Å². The average Bonchev–Trinajstić information content (AvgIpc) is 3.50. The Balaban J connectivity index is 1.80. The van der Waals surface area contributed by atoms with E-state index in [9.17, 15) is 14.0 Å². The first-order valence-corrected chi connectivity index (χ1v) is 10.2. The third kappa shape index (κ3) is 3.33. The Bertz CT molecular complexity index is 1060. The van der Waals surface area contributed by atoms with Crippen LogP contribution in [0.3, 0.4) is 0 Å². The van der Waals surface area contributed by atoms with Crippen molar-refractivity contribution >= 4 is 16.6 Å². The topological polar surface area (TPSA) is 118 Å². The molecule has 0 radical (unpaired) electrons. The molecule has 0 spiro atoms. The fourth-order valence-corrected chi connectivity index (χ4v) is 4.29. The summed E-state index contributed by atoms with van der Waals surface area (Å²) in [6.07, 6.45) is 0.528. The monoisotopic (exact) mass is 421 g/mol. The maximum atomic E-state index is 14.8. The van der Waals surface area contributed by atoms with Crippen molar-refractivity contribution in [1.29, 1.82) is 0 Å². The number of hydrogen-bond donors (Lipinski definition) is 2. The predicted octanol–water partition coefficient (Wildman–Crippen LogP) is 0.359. The summed E-state index contributed by atoms with van der Waals surface area (Å²) in [4.78, 5) is 27.2. The molecular formula is C20H28FN5O4. The Hall–Kier alpha value is -2.59. The lowest BCUT2D eigenvalue weighted by atomic mass is 9.99. The number of alkyl halides is 1. The van der Waals surface area contributed by atoms with Crippen molar-refractivity contribution in [3.05, 3.63) is 33.0 Å². The number of anilines is 1. The van der Waals surface area contributed by atoms with Gasteiger partial charge in [0.15, 0.2) is 5.75 Å². The molecule has 2 aliphatic rings. The summed E-state index contributed by atoms with van der Waals surface area (Å²) in [5.74, 6) is 5.71. The first-order chi connectivity index (χ1) is 14.4. The second-order valence-electron chi connectivity index (χ2n) is 7.98. The van der Waals surface area contributed by atoms with Gasteiger partial charge in [0.05, 0.1) is 24.8 Å². The largest absolute Gasteiger partial charge is 0.492 e. The molecule has 0 amide bonds. The van der Waals surface area contributed by atoms with E-state index in [1.54, 1.807) is 12.1 Å². The fourth-order valence-electron chi connectivity index (χ4n) is 4.29. The van der Waals surface area contributed by atoms with E-state index in [1.807, 2.05) is 11.8 Å². The van der Waals surface area contributed by atoms with Gasteiger partial charge < -0.3 is 25.9 Å². The molecule has 3 atom stereocenters. The Labute approximate surface area is 172 Å². The van der Waals surface area contributed by atoms with Gasteiger partial charge in [-0.2, -0.15) is 4.68 Å². The zero-order chi connectivity index (χ0) is 21.6. The van der Waals surface area contributed by atoms with Gasteiger partial charge in [0.25, 0.3) is 5.56 Å². The quantitative estimate of drug-likeness (QED) is 0.620. The zero-order valence-corrected chi connectivity index (χ0v) is 17.2. The number of halogens is 1. The number of nitrogens with zero attached hydrogens (tertiary/aromatic N) is 3. The second-order valence-corrected chi connectivity index (χ2v) is 7.98. The van der Waals surface area contributed by atoms with Crippen LogP contribution < -0.4 is 32.5 Å². The highest BCUT2D eigenvalue weighted by Crippen LogP contribution is 2.42. The summed E-state index contributed by atoms with van der Waals surface area (Å²) in [5.41, 5.74) is 6.03. The third-order valence-corrected chi connectivity index (χ3v) is 6.02. The highest BCUT2D eigenvalue weighted by molar-refractivity contribution is 5.91. The summed E-state index contributed by atoms with van der Waals surface area (Å²) in [5, 5.41) is 0.296. The average molecular weight is 421 g/mol. The van der Waals surface area contributed by atoms with Gasteiger partial charge in [-0.25, -0.2) is 9.18 Å². The van der Waals surface area contributed by atoms with Crippen LogP contribution in [0.15, 0.2) is 21.7 Å². The highest BCUT2D eigenvalue weighted by atomic mass is 19.1. The molecule has 1 aromatic carbocycles. The molecule has 30 heavy (non-hydrogen) atoms. The van der Waals surface area contributed by atoms with E-state index in [0.29, 0.717) is 46.8 Å². The van der Waals surface area contributed by atoms with Crippen LogP contribution in [-0.2, 0) is 4.74 Å². The normalized spacial score (nSPS) is 22.6. The summed E-state index contributed by atoms with van der Waals surface area (Å²) in [6, 6.07) is 2.88. The lowest BCUT2D eigenvalue weighted by Gasteiger charge is -2.24. The van der Waals surface area contributed by atoms with E-state index in [4.69, 9.17) is 21.1 Å². The van der Waals surface area contributed by atoms with Crippen LogP contribution >= 0.6 is 0 Å². The summed E-state index contributed by atoms with van der Waals surface area (Å²) in [7, 11) is 1.48. The fraction of sp³-hybridized carbons (Fsp3) is 0.600. The molecule has 1 aromatic heterocycles. The first kappa shape index (κ1) is 20.7. The Morgan fingerprint density at radius 3 is 2.63 bits per heavy atom. The lowest BCUT2D eigenvalue weighted by Crippen LogP contribution is -2.44. The van der Waals surface area contributed by atoms with Crippen molar-refractivity contribution < 1.29 is 13.9 Å². The SMILES string of the molecule is CCOC[C@@H](N)[C@H]1CN(c2ccc3c(=O)n(N)c(=O)n(C4CC4)c3c2OC)C[C@@H]1F. The highest BCUT2D eigenvalue weighted by Gasteiger charge is 2.39. The van der Waals surface area contributed by atoms with Crippen molar-refractivity contribution in [1.82, 2.24) is 9.24 Å². The molecule has 4 N–H and O–H groups in total. The number of hydrogen-bond acceptors (Lipinski definition) is 7. The van der Waals surface area contributed by atoms with Crippen molar-refractivity contribution in [2.24, 2.45) is 11.7 Å². The van der Waals surface area contributed by atoms with E-state index >= 15 is 0 Å². The first-order valence-electron chi connectivity index (χ1n) is 10.2. The maximum Gasteiger partial charge on any atom is 0.350 e. The van der Waals surface area contributed by atoms with Gasteiger partial charge in [-0.05, 0) is 31.9 Å². The van der Waals surface area contributed by atoms with E-state index in [1.165, 1.54) is 11.7 Å². The van der Waals surface area contributed by atoms with E-state index in [-0.39, 0.29) is 18.5 Å². The number of aromatic nitrogens is 2. The minimum absolute atomic E-state index is 0.0283. The molecular weight excluding hydrogens is 393 g/mol. The molecule has 1 saturated heterocycles. The van der Waals surface area contributed by atoms with Gasteiger partial charge >= 0.3 is 5.69 Å². The zero-order valence-electron chi connectivity index (χ0n) is 17.2. The number of rotatable bonds is 7. The molecule has 1 aliphatic heterocycles. The third-order valence-electron chi connectivity index (χ3n) is 6.02. The lowest BCUT2D eigenvalue weighted by molar-refractivity contribution is 0.105. The number of nitrogens with two attached hydrogens (primary N) is 2. The van der Waals surface area contributed by atoms with Crippen LogP contribution in [0.4, 0.5) is 10.1 Å². The number of ether oxygens (including phenoxy) is 2. The molecule has 164 valence electrons. The molecule has 2 heterocycles. The van der Waals surface area contributed by atoms with Gasteiger partial charge in [-0.15, -0.1) is 0 Å². The van der Waals surface area contributed by atoms with Gasteiger partial charge in [0.2, 0.25) is 0 Å². The smallest absolute Gasteiger partial charge is 0.350 e. The molecule has 9 nitrogen and oxygen atoms in total. The van der Waals surface area contributed by atoms with Gasteiger partial charge in [0, 0.05) is 37.7 Å². The maximum absolute atomic E-state index is 14.8. The van der Waals surface area contributed by atoms with Gasteiger partial charge in [-0.1, -0.05) is 0 Å². The Kier molecular flexibility index (Phi) is 5.46. The number of methoxy groups -OCH3 is 1. The Morgan fingerprint density at radius 2 is 2.00 bits per heavy atom. The number of benzene rings is 1. The molecule has 4 rings (SSSR count). The van der Waals surface area contributed by atoms with Crippen LogP contribution in [0.5, 0.6) is 5.75 Å². The summed E-state index contributed by atoms with van der Waals surface area (Å²) >= 11 is 0. The van der Waals surface area contributed by atoms with E-state index in [0.717, 1.165) is 12.8 Å². The van der Waals surface area contributed by atoms with Gasteiger partial charge in [-0.3, -0.25) is 9.36 Å². The standard InChI is InChI=1S/C20H28FN5O4/c1-3-30-10-15(22)13-8-24(9-14(13)21)16-7-6-12-17(18(16)29-2)25(11-4-5-11)20(28)26(23)19(12)27/h6-7,11,13-15H,3-5,8-10,22-23H2,1-2H3/t13-,14-,15+/m0/s1.